The van der Waals surface area contributed by atoms with Crippen LogP contribution in [0.4, 0.5) is 4.79 Å². The van der Waals surface area contributed by atoms with Crippen LogP contribution in [0.2, 0.25) is 4.34 Å². The van der Waals surface area contributed by atoms with E-state index < -0.39 is 12.1 Å². The number of carbonyl (C=O) groups is 2. The molecule has 1 aromatic heterocycles. The Morgan fingerprint density at radius 3 is 2.90 bits per heavy atom. The number of carbonyl (C=O) groups excluding carboxylic acids is 2. The maximum Gasteiger partial charge on any atom is 0.336 e. The smallest absolute Gasteiger partial charge is 0.336 e. The van der Waals surface area contributed by atoms with Gasteiger partial charge in [-0.05, 0) is 19.1 Å². The van der Waals surface area contributed by atoms with Crippen LogP contribution in [0.15, 0.2) is 12.1 Å². The zero-order chi connectivity index (χ0) is 15.4. The number of nitrogens with one attached hydrogen (secondary N) is 1. The van der Waals surface area contributed by atoms with Gasteiger partial charge in [-0.1, -0.05) is 11.6 Å². The molecule has 0 aliphatic carbocycles. The Balaban J connectivity index is 1.90. The number of esters is 1. The van der Waals surface area contributed by atoms with Gasteiger partial charge >= 0.3 is 12.0 Å². The van der Waals surface area contributed by atoms with Crippen LogP contribution in [0.3, 0.4) is 0 Å². The highest BCUT2D eigenvalue weighted by molar-refractivity contribution is 7.16. The second-order valence-electron chi connectivity index (χ2n) is 4.73. The first-order chi connectivity index (χ1) is 9.99. The summed E-state index contributed by atoms with van der Waals surface area (Å²) < 4.78 is 10.8. The third-order valence-corrected chi connectivity index (χ3v) is 4.29. The lowest BCUT2D eigenvalue weighted by atomic mass is 10.2. The van der Waals surface area contributed by atoms with Crippen molar-refractivity contribution in [2.75, 3.05) is 20.2 Å². The predicted molar refractivity (Wildman–Crippen MR) is 79.5 cm³/mol. The molecular weight excluding hydrogens is 316 g/mol. The fourth-order valence-electron chi connectivity index (χ4n) is 2.10. The van der Waals surface area contributed by atoms with E-state index in [4.69, 9.17) is 16.3 Å². The third-order valence-electron chi connectivity index (χ3n) is 3.05. The van der Waals surface area contributed by atoms with Crippen molar-refractivity contribution in [3.8, 4) is 0 Å². The van der Waals surface area contributed by atoms with E-state index in [2.05, 4.69) is 10.1 Å². The van der Waals surface area contributed by atoms with E-state index in [0.29, 0.717) is 17.4 Å². The molecule has 0 bridgehead atoms. The van der Waals surface area contributed by atoms with Gasteiger partial charge in [-0.15, -0.1) is 11.3 Å². The highest BCUT2D eigenvalue weighted by atomic mass is 35.5. The Morgan fingerprint density at radius 1 is 1.52 bits per heavy atom. The van der Waals surface area contributed by atoms with Crippen molar-refractivity contribution in [3.63, 3.8) is 0 Å². The van der Waals surface area contributed by atoms with Crippen LogP contribution in [-0.2, 0) is 20.8 Å². The first-order valence-corrected chi connectivity index (χ1v) is 7.69. The Bertz CT molecular complexity index is 522. The van der Waals surface area contributed by atoms with Gasteiger partial charge in [0.05, 0.1) is 30.6 Å². The van der Waals surface area contributed by atoms with Crippen LogP contribution in [0.5, 0.6) is 0 Å². The van der Waals surface area contributed by atoms with Crippen LogP contribution in [0, 0.1) is 0 Å². The normalized spacial score (nSPS) is 22.0. The molecule has 21 heavy (non-hydrogen) atoms. The van der Waals surface area contributed by atoms with Crippen molar-refractivity contribution in [2.24, 2.45) is 0 Å². The van der Waals surface area contributed by atoms with E-state index >= 15 is 0 Å². The van der Waals surface area contributed by atoms with Gasteiger partial charge in [-0.25, -0.2) is 9.59 Å². The minimum absolute atomic E-state index is 0.189. The van der Waals surface area contributed by atoms with Gasteiger partial charge in [0.15, 0.2) is 6.10 Å². The molecule has 0 unspecified atom stereocenters. The SMILES string of the molecule is COC(=O)[C@H]1CN(C(=O)NCc2ccc(Cl)s2)C[C@@H](C)O1. The van der Waals surface area contributed by atoms with Crippen LogP contribution >= 0.6 is 22.9 Å². The molecule has 2 rings (SSSR count). The maximum atomic E-state index is 12.2. The van der Waals surface area contributed by atoms with Crippen molar-refractivity contribution >= 4 is 34.9 Å². The summed E-state index contributed by atoms with van der Waals surface area (Å²) in [5, 5.41) is 2.81. The molecule has 1 aliphatic rings. The number of amides is 2. The predicted octanol–water partition coefficient (Wildman–Crippen LogP) is 1.87. The monoisotopic (exact) mass is 332 g/mol. The number of thiophene rings is 1. The van der Waals surface area contributed by atoms with Gasteiger partial charge in [-0.2, -0.15) is 0 Å². The number of rotatable bonds is 3. The molecule has 0 spiro atoms. The molecular formula is C13H17ClN2O4S. The van der Waals surface area contributed by atoms with E-state index in [-0.39, 0.29) is 18.7 Å². The Hall–Kier alpha value is -1.31. The molecule has 0 radical (unpaired) electrons. The van der Waals surface area contributed by atoms with Gasteiger partial charge in [0, 0.05) is 11.4 Å². The molecule has 116 valence electrons. The molecule has 2 heterocycles. The second kappa shape index (κ2) is 7.11. The Labute approximate surface area is 132 Å². The quantitative estimate of drug-likeness (QED) is 0.858. The first-order valence-electron chi connectivity index (χ1n) is 6.50. The molecule has 8 heteroatoms. The minimum Gasteiger partial charge on any atom is -0.467 e. The highest BCUT2D eigenvalue weighted by Crippen LogP contribution is 2.21. The largest absolute Gasteiger partial charge is 0.467 e. The second-order valence-corrected chi connectivity index (χ2v) is 6.53. The topological polar surface area (TPSA) is 67.9 Å². The average Bonchev–Trinajstić information content (AvgIpc) is 2.88. The van der Waals surface area contributed by atoms with E-state index in [9.17, 15) is 9.59 Å². The van der Waals surface area contributed by atoms with Gasteiger partial charge < -0.3 is 19.7 Å². The van der Waals surface area contributed by atoms with Crippen LogP contribution < -0.4 is 5.32 Å². The van der Waals surface area contributed by atoms with E-state index in [0.717, 1.165) is 4.88 Å². The first kappa shape index (κ1) is 16.1. The summed E-state index contributed by atoms with van der Waals surface area (Å²) in [5.41, 5.74) is 0. The summed E-state index contributed by atoms with van der Waals surface area (Å²) in [4.78, 5) is 26.2. The number of halogens is 1. The number of hydrogen-bond donors (Lipinski definition) is 1. The summed E-state index contributed by atoms with van der Waals surface area (Å²) >= 11 is 7.26. The molecule has 1 aliphatic heterocycles. The van der Waals surface area contributed by atoms with Crippen molar-refractivity contribution in [1.82, 2.24) is 10.2 Å². The number of hydrogen-bond acceptors (Lipinski definition) is 5. The van der Waals surface area contributed by atoms with Crippen LogP contribution in [0.1, 0.15) is 11.8 Å². The minimum atomic E-state index is -0.735. The van der Waals surface area contributed by atoms with Crippen molar-refractivity contribution in [3.05, 3.63) is 21.3 Å². The lowest BCUT2D eigenvalue weighted by Crippen LogP contribution is -2.54. The highest BCUT2D eigenvalue weighted by Gasteiger charge is 2.33. The third kappa shape index (κ3) is 4.33. The summed E-state index contributed by atoms with van der Waals surface area (Å²) in [6.45, 7) is 2.85. The number of urea groups is 1. The summed E-state index contributed by atoms with van der Waals surface area (Å²) in [7, 11) is 1.30. The number of morpholine rings is 1. The van der Waals surface area contributed by atoms with Gasteiger partial charge in [0.25, 0.3) is 0 Å². The molecule has 1 aromatic rings. The zero-order valence-electron chi connectivity index (χ0n) is 11.8. The van der Waals surface area contributed by atoms with Gasteiger partial charge in [0.2, 0.25) is 0 Å². The lowest BCUT2D eigenvalue weighted by molar-refractivity contribution is -0.164. The summed E-state index contributed by atoms with van der Waals surface area (Å²) in [6.07, 6.45) is -0.953. The molecule has 2 amide bonds. The van der Waals surface area contributed by atoms with Crippen molar-refractivity contribution < 1.29 is 19.1 Å². The summed E-state index contributed by atoms with van der Waals surface area (Å²) in [6, 6.07) is 3.42. The van der Waals surface area contributed by atoms with Gasteiger partial charge in [-0.3, -0.25) is 0 Å². The molecule has 1 N–H and O–H groups in total. The number of methoxy groups -OCH3 is 1. The van der Waals surface area contributed by atoms with Crippen LogP contribution in [-0.4, -0.2) is 49.3 Å². The fraction of sp³-hybridized carbons (Fsp3) is 0.538. The molecule has 0 aromatic carbocycles. The average molecular weight is 333 g/mol. The van der Waals surface area contributed by atoms with E-state index in [1.54, 1.807) is 11.0 Å². The zero-order valence-corrected chi connectivity index (χ0v) is 13.4. The van der Waals surface area contributed by atoms with Crippen molar-refractivity contribution in [1.29, 1.82) is 0 Å². The van der Waals surface area contributed by atoms with Crippen molar-refractivity contribution in [2.45, 2.75) is 25.7 Å². The van der Waals surface area contributed by atoms with Crippen LogP contribution in [0.25, 0.3) is 0 Å². The Morgan fingerprint density at radius 2 is 2.29 bits per heavy atom. The number of nitrogens with zero attached hydrogens (tertiary/aromatic N) is 1. The number of ether oxygens (including phenoxy) is 2. The van der Waals surface area contributed by atoms with Gasteiger partial charge in [0.1, 0.15) is 0 Å². The molecule has 1 fully saturated rings. The summed E-state index contributed by atoms with van der Waals surface area (Å²) in [5.74, 6) is -0.468. The Kier molecular flexibility index (Phi) is 5.44. The van der Waals surface area contributed by atoms with E-state index in [1.807, 2.05) is 13.0 Å². The fourth-order valence-corrected chi connectivity index (χ4v) is 3.13. The molecule has 1 saturated heterocycles. The maximum absolute atomic E-state index is 12.2. The standard InChI is InChI=1S/C13H17ClN2O4S/c1-8-6-16(7-10(20-8)12(17)19-2)13(18)15-5-9-3-4-11(14)21-9/h3-4,8,10H,5-7H2,1-2H3,(H,15,18)/t8-,10-/m1/s1. The van der Waals surface area contributed by atoms with E-state index in [1.165, 1.54) is 18.4 Å². The molecule has 2 atom stereocenters. The molecule has 6 nitrogen and oxygen atoms in total. The molecule has 0 saturated carbocycles. The lowest BCUT2D eigenvalue weighted by Gasteiger charge is -2.35.